The van der Waals surface area contributed by atoms with Gasteiger partial charge in [-0.25, -0.2) is 4.98 Å². The molecule has 8 heteroatoms. The molecule has 0 radical (unpaired) electrons. The van der Waals surface area contributed by atoms with Crippen LogP contribution in [0.5, 0.6) is 5.75 Å². The summed E-state index contributed by atoms with van der Waals surface area (Å²) in [5.74, 6) is -0.125. The molecule has 0 aliphatic heterocycles. The molecule has 156 valence electrons. The quantitative estimate of drug-likeness (QED) is 0.277. The lowest BCUT2D eigenvalue weighted by molar-refractivity contribution is 0.0978. The average molecular weight is 452 g/mol. The minimum Gasteiger partial charge on any atom is -0.507 e. The third-order valence-corrected chi connectivity index (χ3v) is 5.18. The molecule has 0 saturated heterocycles. The number of aromatic nitrogens is 1. The Kier molecular flexibility index (Phi) is 5.63. The molecule has 0 atom stereocenters. The Bertz CT molecular complexity index is 1330. The van der Waals surface area contributed by atoms with Gasteiger partial charge in [-0.15, -0.1) is 0 Å². The molecule has 0 bridgehead atoms. The highest BCUT2D eigenvalue weighted by Gasteiger charge is 2.16. The summed E-state index contributed by atoms with van der Waals surface area (Å²) in [5.41, 5.74) is 4.69. The zero-order chi connectivity index (χ0) is 22.1. The third kappa shape index (κ3) is 4.38. The van der Waals surface area contributed by atoms with Crippen LogP contribution in [0.25, 0.3) is 22.6 Å². The van der Waals surface area contributed by atoms with E-state index in [0.29, 0.717) is 32.9 Å². The number of carbonyl (C=O) groups is 1. The first-order valence-corrected chi connectivity index (χ1v) is 10.2. The first kappa shape index (κ1) is 20.8. The van der Waals surface area contributed by atoms with Crippen molar-refractivity contribution in [1.82, 2.24) is 10.3 Å². The van der Waals surface area contributed by atoms with Crippen LogP contribution in [0.15, 0.2) is 59.0 Å². The lowest BCUT2D eigenvalue weighted by Crippen LogP contribution is -2.34. The van der Waals surface area contributed by atoms with Gasteiger partial charge in [0.1, 0.15) is 11.3 Å². The molecule has 0 saturated carbocycles. The van der Waals surface area contributed by atoms with Gasteiger partial charge in [-0.3, -0.25) is 10.1 Å². The van der Waals surface area contributed by atoms with Gasteiger partial charge in [0.05, 0.1) is 16.1 Å². The number of aryl methyl sites for hydroxylation is 2. The molecule has 1 amide bonds. The van der Waals surface area contributed by atoms with Crippen molar-refractivity contribution in [2.24, 2.45) is 0 Å². The third-order valence-electron chi connectivity index (χ3n) is 4.65. The van der Waals surface area contributed by atoms with Crippen LogP contribution < -0.4 is 10.6 Å². The van der Waals surface area contributed by atoms with Crippen molar-refractivity contribution in [3.05, 3.63) is 76.3 Å². The van der Waals surface area contributed by atoms with Gasteiger partial charge in [0, 0.05) is 5.69 Å². The monoisotopic (exact) mass is 451 g/mol. The van der Waals surface area contributed by atoms with E-state index in [-0.39, 0.29) is 16.8 Å². The maximum absolute atomic E-state index is 12.4. The zero-order valence-corrected chi connectivity index (χ0v) is 18.3. The molecule has 0 unspecified atom stereocenters. The summed E-state index contributed by atoms with van der Waals surface area (Å²) < 4.78 is 5.90. The van der Waals surface area contributed by atoms with Gasteiger partial charge in [-0.05, 0) is 73.6 Å². The number of nitrogens with one attached hydrogen (secondary N) is 2. The number of rotatable bonds is 3. The van der Waals surface area contributed by atoms with Crippen LogP contribution in [-0.4, -0.2) is 21.1 Å². The van der Waals surface area contributed by atoms with Crippen molar-refractivity contribution in [1.29, 1.82) is 0 Å². The molecule has 3 N–H and O–H groups in total. The fourth-order valence-corrected chi connectivity index (χ4v) is 3.69. The van der Waals surface area contributed by atoms with E-state index in [9.17, 15) is 9.90 Å². The van der Waals surface area contributed by atoms with Crippen LogP contribution in [0.1, 0.15) is 21.5 Å². The van der Waals surface area contributed by atoms with E-state index in [1.807, 2.05) is 26.0 Å². The number of halogens is 1. The summed E-state index contributed by atoms with van der Waals surface area (Å²) in [4.78, 5) is 16.9. The van der Waals surface area contributed by atoms with Gasteiger partial charge in [-0.2, -0.15) is 0 Å². The van der Waals surface area contributed by atoms with E-state index in [1.54, 1.807) is 36.4 Å². The second kappa shape index (κ2) is 8.37. The largest absolute Gasteiger partial charge is 0.507 e. The lowest BCUT2D eigenvalue weighted by Gasteiger charge is -2.11. The SMILES string of the molecule is Cc1cc(C)c2oc(-c3cc(NC(=S)NC(=O)c4ccccc4Cl)ccc3O)nc2c1. The van der Waals surface area contributed by atoms with Crippen LogP contribution in [0.4, 0.5) is 5.69 Å². The number of amides is 1. The number of hydrogen-bond donors (Lipinski definition) is 3. The molecule has 4 rings (SSSR count). The second-order valence-corrected chi connectivity index (χ2v) is 7.88. The highest BCUT2D eigenvalue weighted by Crippen LogP contribution is 2.34. The van der Waals surface area contributed by atoms with Crippen molar-refractivity contribution in [2.75, 3.05) is 5.32 Å². The topological polar surface area (TPSA) is 87.4 Å². The van der Waals surface area contributed by atoms with Gasteiger partial charge in [0.15, 0.2) is 10.7 Å². The fourth-order valence-electron chi connectivity index (χ4n) is 3.26. The fraction of sp³-hybridized carbons (Fsp3) is 0.0870. The van der Waals surface area contributed by atoms with Crippen LogP contribution in [-0.2, 0) is 0 Å². The van der Waals surface area contributed by atoms with Crippen LogP contribution in [0, 0.1) is 13.8 Å². The first-order chi connectivity index (χ1) is 14.8. The van der Waals surface area contributed by atoms with Crippen molar-refractivity contribution in [3.8, 4) is 17.2 Å². The number of aromatic hydroxyl groups is 1. The van der Waals surface area contributed by atoms with E-state index in [4.69, 9.17) is 28.2 Å². The molecule has 31 heavy (non-hydrogen) atoms. The Hall–Kier alpha value is -3.42. The summed E-state index contributed by atoms with van der Waals surface area (Å²) in [6.45, 7) is 3.93. The number of nitrogens with zero attached hydrogens (tertiary/aromatic N) is 1. The van der Waals surface area contributed by atoms with Gasteiger partial charge in [0.25, 0.3) is 5.91 Å². The summed E-state index contributed by atoms with van der Waals surface area (Å²) in [7, 11) is 0. The molecule has 6 nitrogen and oxygen atoms in total. The Morgan fingerprint density at radius 1 is 1.13 bits per heavy atom. The molecule has 1 aromatic heterocycles. The Balaban J connectivity index is 1.57. The van der Waals surface area contributed by atoms with Crippen molar-refractivity contribution >= 4 is 51.6 Å². The summed E-state index contributed by atoms with van der Waals surface area (Å²) in [6, 6.07) is 15.4. The van der Waals surface area contributed by atoms with Crippen molar-refractivity contribution in [2.45, 2.75) is 13.8 Å². The smallest absolute Gasteiger partial charge is 0.258 e. The van der Waals surface area contributed by atoms with Gasteiger partial charge in [-0.1, -0.05) is 29.8 Å². The molecule has 0 aliphatic carbocycles. The predicted octanol–water partition coefficient (Wildman–Crippen LogP) is 5.60. The normalized spacial score (nSPS) is 10.8. The number of thiocarbonyl (C=S) groups is 1. The minimum absolute atomic E-state index is 0.0116. The molecule has 3 aromatic carbocycles. The van der Waals surface area contributed by atoms with Crippen molar-refractivity contribution in [3.63, 3.8) is 0 Å². The highest BCUT2D eigenvalue weighted by molar-refractivity contribution is 7.80. The molecule has 1 heterocycles. The number of benzene rings is 3. The molecule has 0 spiro atoms. The number of oxazole rings is 1. The molecular formula is C23H18ClN3O3S. The number of carbonyl (C=O) groups excluding carboxylic acids is 1. The standard InChI is InChI=1S/C23H18ClN3O3S/c1-12-9-13(2)20-18(10-12)26-22(30-20)16-11-14(7-8-19(16)28)25-23(31)27-21(29)15-5-3-4-6-17(15)24/h3-11,28H,1-2H3,(H2,25,27,29,31). The van der Waals surface area contributed by atoms with E-state index < -0.39 is 5.91 Å². The molecule has 0 aliphatic rings. The number of anilines is 1. The minimum atomic E-state index is -0.424. The zero-order valence-electron chi connectivity index (χ0n) is 16.7. The first-order valence-electron chi connectivity index (χ1n) is 9.40. The lowest BCUT2D eigenvalue weighted by atomic mass is 10.1. The Morgan fingerprint density at radius 2 is 1.90 bits per heavy atom. The van der Waals surface area contributed by atoms with Crippen LogP contribution >= 0.6 is 23.8 Å². The molecular weight excluding hydrogens is 434 g/mol. The molecule has 0 fully saturated rings. The van der Waals surface area contributed by atoms with Gasteiger partial charge < -0.3 is 14.8 Å². The van der Waals surface area contributed by atoms with E-state index in [2.05, 4.69) is 15.6 Å². The van der Waals surface area contributed by atoms with E-state index in [0.717, 1.165) is 11.1 Å². The number of fused-ring (bicyclic) bond motifs is 1. The second-order valence-electron chi connectivity index (χ2n) is 7.07. The Morgan fingerprint density at radius 3 is 2.68 bits per heavy atom. The maximum atomic E-state index is 12.4. The summed E-state index contributed by atoms with van der Waals surface area (Å²) in [6.07, 6.45) is 0. The average Bonchev–Trinajstić information content (AvgIpc) is 3.13. The summed E-state index contributed by atoms with van der Waals surface area (Å²) >= 11 is 11.3. The maximum Gasteiger partial charge on any atom is 0.258 e. The van der Waals surface area contributed by atoms with Gasteiger partial charge in [0.2, 0.25) is 5.89 Å². The summed E-state index contributed by atoms with van der Waals surface area (Å²) in [5, 5.41) is 16.3. The van der Waals surface area contributed by atoms with Gasteiger partial charge >= 0.3 is 0 Å². The van der Waals surface area contributed by atoms with E-state index >= 15 is 0 Å². The molecule has 4 aromatic rings. The number of hydrogen-bond acceptors (Lipinski definition) is 5. The number of phenolic OH excluding ortho intramolecular Hbond substituents is 1. The Labute approximate surface area is 188 Å². The predicted molar refractivity (Wildman–Crippen MR) is 126 cm³/mol. The van der Waals surface area contributed by atoms with Crippen LogP contribution in [0.2, 0.25) is 5.02 Å². The van der Waals surface area contributed by atoms with Crippen LogP contribution in [0.3, 0.4) is 0 Å². The van der Waals surface area contributed by atoms with Crippen molar-refractivity contribution < 1.29 is 14.3 Å². The van der Waals surface area contributed by atoms with E-state index in [1.165, 1.54) is 6.07 Å². The highest BCUT2D eigenvalue weighted by atomic mass is 35.5. The number of phenols is 1.